The van der Waals surface area contributed by atoms with Crippen LogP contribution in [-0.4, -0.2) is 158 Å². The van der Waals surface area contributed by atoms with Crippen LogP contribution in [0.2, 0.25) is 0 Å². The van der Waals surface area contributed by atoms with Crippen molar-refractivity contribution in [3.63, 3.8) is 0 Å². The number of unbranched alkanes of at least 4 members (excludes halogenated alkanes) is 1. The van der Waals surface area contributed by atoms with Crippen molar-refractivity contribution in [3.8, 4) is 11.4 Å². The number of aromatic nitrogens is 4. The maximum atomic E-state index is 17.0. The Labute approximate surface area is 373 Å². The van der Waals surface area contributed by atoms with Crippen molar-refractivity contribution in [2.24, 2.45) is 17.8 Å². The van der Waals surface area contributed by atoms with Gasteiger partial charge in [-0.25, -0.2) is 19.0 Å². The number of aryl methyl sites for hydroxylation is 1. The van der Waals surface area contributed by atoms with Crippen molar-refractivity contribution in [2.45, 2.75) is 154 Å². The number of nitrogen functional groups attached to an aromatic ring is 1. The molecule has 0 bridgehead atoms. The van der Waals surface area contributed by atoms with Gasteiger partial charge in [0.15, 0.2) is 17.7 Å². The number of hydrogen-bond donors (Lipinski definition) is 2. The second-order valence-corrected chi connectivity index (χ2v) is 18.2. The third kappa shape index (κ3) is 10.6. The lowest BCUT2D eigenvalue weighted by Gasteiger charge is -2.47. The second kappa shape index (κ2) is 20.3. The molecule has 5 heterocycles. The summed E-state index contributed by atoms with van der Waals surface area (Å²) in [6.07, 6.45) is -4.02. The van der Waals surface area contributed by atoms with E-state index in [4.69, 9.17) is 34.2 Å². The predicted molar refractivity (Wildman–Crippen MR) is 228 cm³/mol. The summed E-state index contributed by atoms with van der Waals surface area (Å²) in [6, 6.07) is 3.66. The van der Waals surface area contributed by atoms with E-state index in [-0.39, 0.29) is 38.2 Å². The van der Waals surface area contributed by atoms with E-state index in [0.717, 1.165) is 6.92 Å². The molecule has 2 aromatic heterocycles. The van der Waals surface area contributed by atoms with Crippen LogP contribution in [0.4, 0.5) is 15.0 Å². The number of pyridine rings is 1. The molecule has 0 spiro atoms. The van der Waals surface area contributed by atoms with E-state index in [1.54, 1.807) is 82.7 Å². The van der Waals surface area contributed by atoms with Gasteiger partial charge in [-0.3, -0.25) is 19.1 Å². The fourth-order valence-electron chi connectivity index (χ4n) is 9.60. The first-order valence-corrected chi connectivity index (χ1v) is 21.9. The summed E-state index contributed by atoms with van der Waals surface area (Å²) < 4.78 is 54.6. The number of rotatable bonds is 13. The number of alkyl halides is 1. The topological polar surface area (TPSA) is 237 Å². The van der Waals surface area contributed by atoms with Gasteiger partial charge in [-0.1, -0.05) is 39.0 Å². The van der Waals surface area contributed by atoms with E-state index in [1.807, 2.05) is 0 Å². The Kier molecular flexibility index (Phi) is 15.9. The molecule has 0 aliphatic carbocycles. The Bertz CT molecular complexity index is 2000. The molecule has 2 aromatic rings. The van der Waals surface area contributed by atoms with E-state index < -0.39 is 101 Å². The van der Waals surface area contributed by atoms with Gasteiger partial charge in [-0.2, -0.15) is 0 Å². The van der Waals surface area contributed by atoms with Gasteiger partial charge in [-0.05, 0) is 79.1 Å². The van der Waals surface area contributed by atoms with Crippen molar-refractivity contribution in [2.75, 3.05) is 40.1 Å². The maximum Gasteiger partial charge on any atom is 0.410 e. The zero-order valence-electron chi connectivity index (χ0n) is 38.8. The number of ketones is 2. The largest absolute Gasteiger partial charge is 0.463 e. The number of methoxy groups -OCH3 is 1. The highest BCUT2D eigenvalue weighted by atomic mass is 19.1. The molecule has 0 saturated carbocycles. The molecule has 3 saturated heterocycles. The lowest BCUT2D eigenvalue weighted by Crippen LogP contribution is -2.62. The van der Waals surface area contributed by atoms with E-state index in [2.05, 4.69) is 15.3 Å². The second-order valence-electron chi connectivity index (χ2n) is 18.2. The standard InChI is InChI=1S/C44H66FN7O12/c1-12-32-44(8)36(52(41(58)64-44)19-14-13-18-51-22-30(48-49-51)29-16-15-17-33(46)47-29)25(3)34(54)24(2)21-42(6,59-11)38(26(4)37(56)43(7,45)40(57)62-32)63-39-35(55)31(50(9)10)20-28(61-39)23-60-27(5)53/h15-17,22,24-26,28,31-32,35-36,38-39,55H,12-14,18-21,23H2,1-11H3,(H2,46,47)/t24-,25+,26+,28?,31?,32-,35?,36-,38-,39?,42+,43-,44-/m1/s1. The normalized spacial score (nSPS) is 35.4. The third-order valence-electron chi connectivity index (χ3n) is 13.2. The predicted octanol–water partition coefficient (Wildman–Crippen LogP) is 3.54. The number of aliphatic hydroxyl groups is 1. The number of anilines is 1. The highest BCUT2D eigenvalue weighted by molar-refractivity contribution is 6.08. The summed E-state index contributed by atoms with van der Waals surface area (Å²) in [6.45, 7) is 12.1. The molecule has 13 atom stereocenters. The quantitative estimate of drug-likeness (QED) is 0.127. The van der Waals surface area contributed by atoms with Crippen LogP contribution in [0.5, 0.6) is 0 Å². The van der Waals surface area contributed by atoms with Gasteiger partial charge >= 0.3 is 18.0 Å². The fourth-order valence-corrected chi connectivity index (χ4v) is 9.60. The van der Waals surface area contributed by atoms with Crippen molar-refractivity contribution in [1.82, 2.24) is 29.8 Å². The number of halogens is 1. The molecule has 0 aromatic carbocycles. The molecule has 19 nitrogen and oxygen atoms in total. The van der Waals surface area contributed by atoms with Crippen LogP contribution in [0.25, 0.3) is 11.4 Å². The summed E-state index contributed by atoms with van der Waals surface area (Å²) in [5, 5.41) is 20.0. The molecule has 1 amide bonds. The van der Waals surface area contributed by atoms with Crippen LogP contribution in [-0.2, 0) is 54.1 Å². The van der Waals surface area contributed by atoms with E-state index in [0.29, 0.717) is 36.6 Å². The minimum Gasteiger partial charge on any atom is -0.463 e. The van der Waals surface area contributed by atoms with Gasteiger partial charge in [0.2, 0.25) is 0 Å². The summed E-state index contributed by atoms with van der Waals surface area (Å²) >= 11 is 0. The Morgan fingerprint density at radius 1 is 1.06 bits per heavy atom. The molecule has 3 aliphatic heterocycles. The van der Waals surface area contributed by atoms with Crippen LogP contribution in [0.3, 0.4) is 0 Å². The summed E-state index contributed by atoms with van der Waals surface area (Å²) in [5.41, 5.74) is 0.482. The van der Waals surface area contributed by atoms with E-state index in [1.165, 1.54) is 25.9 Å². The van der Waals surface area contributed by atoms with E-state index in [9.17, 15) is 29.1 Å². The average molecular weight is 904 g/mol. The number of fused-ring (bicyclic) bond motifs is 1. The number of esters is 2. The number of carbonyl (C=O) groups is 5. The maximum absolute atomic E-state index is 17.0. The lowest BCUT2D eigenvalue weighted by molar-refractivity contribution is -0.301. The van der Waals surface area contributed by atoms with Gasteiger partial charge in [0.25, 0.3) is 5.67 Å². The minimum absolute atomic E-state index is 0.0403. The number of aliphatic hydroxyl groups excluding tert-OH is 1. The van der Waals surface area contributed by atoms with Gasteiger partial charge in [0, 0.05) is 50.9 Å². The number of carbonyl (C=O) groups excluding carboxylic acids is 5. The molecule has 0 radical (unpaired) electrons. The fraction of sp³-hybridized carbons (Fsp3) is 0.727. The number of amides is 1. The highest BCUT2D eigenvalue weighted by Crippen LogP contribution is 2.44. The third-order valence-corrected chi connectivity index (χ3v) is 13.2. The summed E-state index contributed by atoms with van der Waals surface area (Å²) in [7, 11) is 4.84. The Balaban J connectivity index is 1.46. The van der Waals surface area contributed by atoms with Gasteiger partial charge in [0.05, 0.1) is 35.7 Å². The van der Waals surface area contributed by atoms with Gasteiger partial charge < -0.3 is 49.1 Å². The number of hydrogen-bond acceptors (Lipinski definition) is 17. The monoisotopic (exact) mass is 903 g/mol. The summed E-state index contributed by atoms with van der Waals surface area (Å²) in [5.74, 6) is -6.42. The molecular formula is C44H66FN7O12. The van der Waals surface area contributed by atoms with Crippen LogP contribution < -0.4 is 5.73 Å². The van der Waals surface area contributed by atoms with Crippen molar-refractivity contribution in [1.29, 1.82) is 0 Å². The van der Waals surface area contributed by atoms with Gasteiger partial charge in [0.1, 0.15) is 36.1 Å². The summed E-state index contributed by atoms with van der Waals surface area (Å²) in [4.78, 5) is 76.3. The molecular weight excluding hydrogens is 838 g/mol. The number of ether oxygens (including phenoxy) is 6. The lowest BCUT2D eigenvalue weighted by atomic mass is 9.73. The first-order valence-electron chi connectivity index (χ1n) is 21.9. The van der Waals surface area contributed by atoms with Gasteiger partial charge in [-0.15, -0.1) is 5.10 Å². The zero-order chi connectivity index (χ0) is 47.5. The Morgan fingerprint density at radius 3 is 2.38 bits per heavy atom. The van der Waals surface area contributed by atoms with E-state index >= 15 is 4.39 Å². The number of nitrogens with zero attached hydrogens (tertiary/aromatic N) is 6. The first-order chi connectivity index (χ1) is 30.0. The van der Waals surface area contributed by atoms with Crippen LogP contribution in [0, 0.1) is 17.8 Å². The number of nitrogens with two attached hydrogens (primary N) is 1. The first kappa shape index (κ1) is 50.4. The smallest absolute Gasteiger partial charge is 0.410 e. The molecule has 3 N–H and O–H groups in total. The molecule has 356 valence electrons. The number of likely N-dealkylation sites (N-methyl/N-ethyl adjacent to an activating group) is 1. The molecule has 5 rings (SSSR count). The minimum atomic E-state index is -3.26. The Hall–Kier alpha value is -4.63. The van der Waals surface area contributed by atoms with Crippen LogP contribution in [0.15, 0.2) is 24.4 Å². The molecule has 20 heteroatoms. The van der Waals surface area contributed by atoms with Crippen molar-refractivity contribution < 1.29 is 61.9 Å². The Morgan fingerprint density at radius 2 is 1.75 bits per heavy atom. The molecule has 64 heavy (non-hydrogen) atoms. The average Bonchev–Trinajstić information content (AvgIpc) is 3.82. The number of cyclic esters (lactones) is 1. The molecule has 4 unspecified atom stereocenters. The van der Waals surface area contributed by atoms with Crippen LogP contribution >= 0.6 is 0 Å². The number of Topliss-reactive ketones (excluding diaryl/α,β-unsaturated/α-hetero) is 2. The van der Waals surface area contributed by atoms with Crippen LogP contribution in [0.1, 0.15) is 87.5 Å². The van der Waals surface area contributed by atoms with Crippen molar-refractivity contribution in [3.05, 3.63) is 24.4 Å². The SMILES string of the molecule is CC[C@H]1OC(=O)[C@](C)(F)C(=O)[C@H](C)[C@@H](OC2OC(COC(C)=O)CC(N(C)C)C2O)[C@@](C)(OC)C[C@@H](C)C(=O)[C@H](C)[C@H]2N(CCCCn3cc(-c4cccc(N)n4)nn3)C(=O)O[C@]12C. The molecule has 3 fully saturated rings. The highest BCUT2D eigenvalue weighted by Gasteiger charge is 2.61. The zero-order valence-corrected chi connectivity index (χ0v) is 38.8. The van der Waals surface area contributed by atoms with Crippen molar-refractivity contribution >= 4 is 35.4 Å². The molecule has 3 aliphatic rings.